The fourth-order valence-electron chi connectivity index (χ4n) is 1.66. The van der Waals surface area contributed by atoms with Gasteiger partial charge in [-0.2, -0.15) is 0 Å². The smallest absolute Gasteiger partial charge is 0.221 e. The van der Waals surface area contributed by atoms with Crippen LogP contribution in [0.4, 0.5) is 8.78 Å². The number of benzene rings is 1. The van der Waals surface area contributed by atoms with Crippen LogP contribution in [0, 0.1) is 11.6 Å². The van der Waals surface area contributed by atoms with Crippen molar-refractivity contribution in [3.8, 4) is 0 Å². The third-order valence-electron chi connectivity index (χ3n) is 2.66. The fourth-order valence-corrected chi connectivity index (χ4v) is 1.79. The van der Waals surface area contributed by atoms with Gasteiger partial charge in [-0.15, -0.1) is 0 Å². The van der Waals surface area contributed by atoms with Gasteiger partial charge in [-0.1, -0.05) is 6.07 Å². The normalized spacial score (nSPS) is 10.7. The Morgan fingerprint density at radius 2 is 1.89 bits per heavy atom. The number of hydrogen-bond donors (Lipinski definition) is 0. The minimum atomic E-state index is -0.564. The molecule has 2 nitrogen and oxygen atoms in total. The Morgan fingerprint density at radius 1 is 1.16 bits per heavy atom. The van der Waals surface area contributed by atoms with Crippen molar-refractivity contribution in [3.63, 3.8) is 0 Å². The van der Waals surface area contributed by atoms with E-state index >= 15 is 0 Å². The first kappa shape index (κ1) is 16.1. The molecule has 19 heavy (non-hydrogen) atoms. The van der Waals surface area contributed by atoms with Crippen LogP contribution >= 0.6 is 11.6 Å². The van der Waals surface area contributed by atoms with Crippen LogP contribution < -0.4 is 0 Å². The fraction of sp³-hybridized carbons (Fsp3) is 0.500. The van der Waals surface area contributed by atoms with Crippen molar-refractivity contribution in [2.24, 2.45) is 0 Å². The maximum atomic E-state index is 13.3. The van der Waals surface area contributed by atoms with E-state index in [-0.39, 0.29) is 5.24 Å². The van der Waals surface area contributed by atoms with E-state index in [0.717, 1.165) is 18.9 Å². The molecule has 1 rings (SSSR count). The van der Waals surface area contributed by atoms with Crippen LogP contribution in [0.25, 0.3) is 0 Å². The summed E-state index contributed by atoms with van der Waals surface area (Å²) in [5.74, 6) is -1.08. The molecule has 0 aliphatic carbocycles. The van der Waals surface area contributed by atoms with Crippen molar-refractivity contribution in [2.75, 3.05) is 13.2 Å². The van der Waals surface area contributed by atoms with E-state index in [0.29, 0.717) is 38.0 Å². The zero-order valence-corrected chi connectivity index (χ0v) is 11.4. The molecule has 0 aliphatic rings. The summed E-state index contributed by atoms with van der Waals surface area (Å²) in [4.78, 5) is 10.5. The first-order valence-electron chi connectivity index (χ1n) is 6.29. The summed E-state index contributed by atoms with van der Waals surface area (Å²) >= 11 is 5.19. The number of halogens is 3. The van der Waals surface area contributed by atoms with E-state index in [2.05, 4.69) is 0 Å². The number of unbranched alkanes of at least 4 members (excludes halogenated alkanes) is 1. The van der Waals surface area contributed by atoms with Crippen LogP contribution in [0.3, 0.4) is 0 Å². The highest BCUT2D eigenvalue weighted by Gasteiger charge is 2.03. The van der Waals surface area contributed by atoms with Crippen molar-refractivity contribution in [1.29, 1.82) is 0 Å². The molecule has 0 atom stereocenters. The number of ether oxygens (including phenoxy) is 1. The van der Waals surface area contributed by atoms with Gasteiger partial charge in [0.2, 0.25) is 5.24 Å². The van der Waals surface area contributed by atoms with Crippen molar-refractivity contribution in [2.45, 2.75) is 32.1 Å². The summed E-state index contributed by atoms with van der Waals surface area (Å²) in [6.45, 7) is 1.09. The van der Waals surface area contributed by atoms with Crippen LogP contribution in [0.5, 0.6) is 0 Å². The molecule has 106 valence electrons. The highest BCUT2D eigenvalue weighted by Crippen LogP contribution is 2.11. The number of carbonyl (C=O) groups excluding carboxylic acids is 1. The molecule has 0 spiro atoms. The van der Waals surface area contributed by atoms with Gasteiger partial charge in [-0.05, 0) is 48.9 Å². The molecule has 0 bridgehead atoms. The number of rotatable bonds is 9. The molecule has 0 aromatic heterocycles. The molecule has 0 aliphatic heterocycles. The Kier molecular flexibility index (Phi) is 7.60. The summed E-state index contributed by atoms with van der Waals surface area (Å²) in [6, 6.07) is 3.60. The maximum Gasteiger partial charge on any atom is 0.221 e. The van der Waals surface area contributed by atoms with Gasteiger partial charge in [-0.3, -0.25) is 4.79 Å². The molecule has 0 amide bonds. The first-order chi connectivity index (χ1) is 9.09. The lowest BCUT2D eigenvalue weighted by molar-refractivity contribution is -0.111. The second kappa shape index (κ2) is 8.99. The molecular formula is C14H17ClF2O2. The lowest BCUT2D eigenvalue weighted by Crippen LogP contribution is -2.00. The van der Waals surface area contributed by atoms with Gasteiger partial charge in [-0.25, -0.2) is 8.78 Å². The minimum absolute atomic E-state index is 0.327. The standard InChI is InChI=1S/C14H17ClF2O2/c15-14(18)5-1-2-8-19-9-3-4-11-6-7-12(16)10-13(11)17/h6-7,10H,1-5,8-9H2. The Labute approximate surface area is 116 Å². The molecular weight excluding hydrogens is 274 g/mol. The van der Waals surface area contributed by atoms with Crippen LogP contribution in [0.15, 0.2) is 18.2 Å². The SMILES string of the molecule is O=C(Cl)CCCCOCCCc1ccc(F)cc1F. The lowest BCUT2D eigenvalue weighted by Gasteiger charge is -2.05. The largest absolute Gasteiger partial charge is 0.381 e. The van der Waals surface area contributed by atoms with E-state index in [1.165, 1.54) is 12.1 Å². The maximum absolute atomic E-state index is 13.3. The average Bonchev–Trinajstić information content (AvgIpc) is 2.34. The zero-order chi connectivity index (χ0) is 14.1. The molecule has 0 N–H and O–H groups in total. The molecule has 0 saturated carbocycles. The van der Waals surface area contributed by atoms with Crippen molar-refractivity contribution >= 4 is 16.8 Å². The predicted octanol–water partition coefficient (Wildman–Crippen LogP) is 3.85. The third kappa shape index (κ3) is 7.23. The number of hydrogen-bond acceptors (Lipinski definition) is 2. The van der Waals surface area contributed by atoms with Crippen LogP contribution in [0.2, 0.25) is 0 Å². The summed E-state index contributed by atoms with van der Waals surface area (Å²) in [5.41, 5.74) is 0.498. The Hall–Kier alpha value is -1.00. The Balaban J connectivity index is 2.06. The lowest BCUT2D eigenvalue weighted by atomic mass is 10.1. The summed E-state index contributed by atoms with van der Waals surface area (Å²) in [7, 11) is 0. The summed E-state index contributed by atoms with van der Waals surface area (Å²) < 4.78 is 31.3. The first-order valence-corrected chi connectivity index (χ1v) is 6.67. The Morgan fingerprint density at radius 3 is 2.58 bits per heavy atom. The van der Waals surface area contributed by atoms with Crippen LogP contribution in [-0.2, 0) is 16.0 Å². The second-order valence-electron chi connectivity index (χ2n) is 4.26. The predicted molar refractivity (Wildman–Crippen MR) is 70.2 cm³/mol. The van der Waals surface area contributed by atoms with E-state index in [1.54, 1.807) is 0 Å². The van der Waals surface area contributed by atoms with Gasteiger partial charge in [0.15, 0.2) is 0 Å². The van der Waals surface area contributed by atoms with E-state index < -0.39 is 11.6 Å². The molecule has 5 heteroatoms. The zero-order valence-electron chi connectivity index (χ0n) is 10.6. The van der Waals surface area contributed by atoms with Crippen LogP contribution in [-0.4, -0.2) is 18.5 Å². The van der Waals surface area contributed by atoms with Gasteiger partial charge >= 0.3 is 0 Å². The van der Waals surface area contributed by atoms with Gasteiger partial charge in [0.25, 0.3) is 0 Å². The summed E-state index contributed by atoms with van der Waals surface area (Å²) in [5, 5.41) is -0.327. The van der Waals surface area contributed by atoms with Crippen molar-refractivity contribution < 1.29 is 18.3 Å². The molecule has 0 heterocycles. The highest BCUT2D eigenvalue weighted by molar-refractivity contribution is 6.63. The van der Waals surface area contributed by atoms with E-state index in [1.807, 2.05) is 0 Å². The molecule has 0 fully saturated rings. The average molecular weight is 291 g/mol. The van der Waals surface area contributed by atoms with Gasteiger partial charge in [0.1, 0.15) is 11.6 Å². The molecule has 0 radical (unpaired) electrons. The molecule has 0 unspecified atom stereocenters. The molecule has 1 aromatic carbocycles. The summed E-state index contributed by atoms with van der Waals surface area (Å²) in [6.07, 6.45) is 3.06. The topological polar surface area (TPSA) is 26.3 Å². The van der Waals surface area contributed by atoms with Crippen molar-refractivity contribution in [1.82, 2.24) is 0 Å². The molecule has 0 saturated heterocycles. The van der Waals surface area contributed by atoms with E-state index in [9.17, 15) is 13.6 Å². The van der Waals surface area contributed by atoms with Gasteiger partial charge in [0.05, 0.1) is 0 Å². The quantitative estimate of drug-likeness (QED) is 0.510. The number of aryl methyl sites for hydroxylation is 1. The van der Waals surface area contributed by atoms with E-state index in [4.69, 9.17) is 16.3 Å². The van der Waals surface area contributed by atoms with Gasteiger partial charge < -0.3 is 4.74 Å². The third-order valence-corrected chi connectivity index (χ3v) is 2.85. The number of carbonyl (C=O) groups is 1. The van der Waals surface area contributed by atoms with Gasteiger partial charge in [0, 0.05) is 25.7 Å². The minimum Gasteiger partial charge on any atom is -0.381 e. The Bertz CT molecular complexity index is 410. The second-order valence-corrected chi connectivity index (χ2v) is 4.69. The van der Waals surface area contributed by atoms with Crippen molar-refractivity contribution in [3.05, 3.63) is 35.4 Å². The highest BCUT2D eigenvalue weighted by atomic mass is 35.5. The van der Waals surface area contributed by atoms with Crippen LogP contribution in [0.1, 0.15) is 31.2 Å². The monoisotopic (exact) mass is 290 g/mol. The molecule has 1 aromatic rings.